The van der Waals surface area contributed by atoms with E-state index in [9.17, 15) is 5.11 Å². The van der Waals surface area contributed by atoms with Crippen molar-refractivity contribution in [3.8, 4) is 0 Å². The highest BCUT2D eigenvalue weighted by Crippen LogP contribution is 2.41. The highest BCUT2D eigenvalue weighted by Gasteiger charge is 2.27. The summed E-state index contributed by atoms with van der Waals surface area (Å²) in [6, 6.07) is 4.25. The van der Waals surface area contributed by atoms with Crippen LogP contribution in [-0.4, -0.2) is 10.1 Å². The van der Waals surface area contributed by atoms with Gasteiger partial charge in [0.25, 0.3) is 0 Å². The van der Waals surface area contributed by atoms with E-state index >= 15 is 0 Å². The Kier molecular flexibility index (Phi) is 2.55. The SMILES string of the molecule is CC(C)(C)c1ccc(C2CC2)c(CO)n1. The first-order valence-corrected chi connectivity index (χ1v) is 5.63. The van der Waals surface area contributed by atoms with Crippen molar-refractivity contribution >= 4 is 0 Å². The van der Waals surface area contributed by atoms with Crippen LogP contribution in [0.15, 0.2) is 12.1 Å². The van der Waals surface area contributed by atoms with Crippen LogP contribution in [0, 0.1) is 0 Å². The molecule has 82 valence electrons. The zero-order chi connectivity index (χ0) is 11.1. The van der Waals surface area contributed by atoms with Crippen LogP contribution in [0.4, 0.5) is 0 Å². The van der Waals surface area contributed by atoms with Gasteiger partial charge in [-0.15, -0.1) is 0 Å². The summed E-state index contributed by atoms with van der Waals surface area (Å²) in [5.74, 6) is 0.661. The van der Waals surface area contributed by atoms with Gasteiger partial charge in [0.15, 0.2) is 0 Å². The van der Waals surface area contributed by atoms with Crippen LogP contribution in [0.2, 0.25) is 0 Å². The molecule has 0 radical (unpaired) electrons. The lowest BCUT2D eigenvalue weighted by Crippen LogP contribution is -2.15. The fourth-order valence-electron chi connectivity index (χ4n) is 1.82. The Morgan fingerprint density at radius 2 is 2.00 bits per heavy atom. The zero-order valence-corrected chi connectivity index (χ0v) is 9.75. The number of aliphatic hydroxyl groups excluding tert-OH is 1. The molecule has 1 fully saturated rings. The Morgan fingerprint density at radius 3 is 2.47 bits per heavy atom. The number of pyridine rings is 1. The lowest BCUT2D eigenvalue weighted by atomic mass is 9.90. The average molecular weight is 205 g/mol. The maximum absolute atomic E-state index is 9.32. The molecule has 1 heterocycles. The first kappa shape index (κ1) is 10.6. The molecule has 0 spiro atoms. The normalized spacial score (nSPS) is 16.8. The molecule has 0 unspecified atom stereocenters. The molecule has 15 heavy (non-hydrogen) atoms. The van der Waals surface area contributed by atoms with Crippen molar-refractivity contribution < 1.29 is 5.11 Å². The van der Waals surface area contributed by atoms with Crippen molar-refractivity contribution in [2.75, 3.05) is 0 Å². The number of aromatic nitrogens is 1. The third kappa shape index (κ3) is 2.20. The Bertz CT molecular complexity index is 361. The number of aliphatic hydroxyl groups is 1. The van der Waals surface area contributed by atoms with Gasteiger partial charge in [0.05, 0.1) is 12.3 Å². The van der Waals surface area contributed by atoms with Crippen LogP contribution in [0.3, 0.4) is 0 Å². The Balaban J connectivity index is 2.38. The van der Waals surface area contributed by atoms with E-state index in [0.717, 1.165) is 11.4 Å². The van der Waals surface area contributed by atoms with Crippen molar-refractivity contribution in [3.63, 3.8) is 0 Å². The van der Waals surface area contributed by atoms with Gasteiger partial charge in [0.2, 0.25) is 0 Å². The van der Waals surface area contributed by atoms with Crippen LogP contribution >= 0.6 is 0 Å². The Labute approximate surface area is 91.4 Å². The van der Waals surface area contributed by atoms with E-state index in [1.807, 2.05) is 0 Å². The lowest BCUT2D eigenvalue weighted by Gasteiger charge is -2.19. The highest BCUT2D eigenvalue weighted by molar-refractivity contribution is 5.31. The van der Waals surface area contributed by atoms with Gasteiger partial charge in [-0.3, -0.25) is 4.98 Å². The predicted molar refractivity (Wildman–Crippen MR) is 60.8 cm³/mol. The molecule has 0 saturated heterocycles. The van der Waals surface area contributed by atoms with Crippen molar-refractivity contribution in [1.29, 1.82) is 0 Å². The van der Waals surface area contributed by atoms with Crippen molar-refractivity contribution in [2.24, 2.45) is 0 Å². The number of nitrogens with zero attached hydrogens (tertiary/aromatic N) is 1. The quantitative estimate of drug-likeness (QED) is 0.805. The molecule has 0 bridgehead atoms. The molecule has 1 N–H and O–H groups in total. The Hall–Kier alpha value is -0.890. The monoisotopic (exact) mass is 205 g/mol. The molecule has 1 aliphatic carbocycles. The van der Waals surface area contributed by atoms with Crippen LogP contribution in [-0.2, 0) is 12.0 Å². The van der Waals surface area contributed by atoms with Gasteiger partial charge in [-0.05, 0) is 30.4 Å². The third-order valence-corrected chi connectivity index (χ3v) is 2.94. The predicted octanol–water partition coefficient (Wildman–Crippen LogP) is 2.75. The van der Waals surface area contributed by atoms with Gasteiger partial charge in [-0.2, -0.15) is 0 Å². The maximum Gasteiger partial charge on any atom is 0.0856 e. The molecule has 1 saturated carbocycles. The number of hydrogen-bond donors (Lipinski definition) is 1. The van der Waals surface area contributed by atoms with E-state index in [0.29, 0.717) is 5.92 Å². The molecule has 2 rings (SSSR count). The molecule has 1 aromatic rings. The minimum atomic E-state index is 0.0615. The molecule has 2 heteroatoms. The van der Waals surface area contributed by atoms with E-state index in [2.05, 4.69) is 37.9 Å². The average Bonchev–Trinajstić information content (AvgIpc) is 2.98. The molecule has 1 aliphatic rings. The summed E-state index contributed by atoms with van der Waals surface area (Å²) in [4.78, 5) is 4.57. The lowest BCUT2D eigenvalue weighted by molar-refractivity contribution is 0.274. The molecule has 0 amide bonds. The standard InChI is InChI=1S/C13H19NO/c1-13(2,3)12-7-6-10(9-4-5-9)11(8-15)14-12/h6-7,9,15H,4-5,8H2,1-3H3. The second-order valence-electron chi connectivity index (χ2n) is 5.41. The van der Waals surface area contributed by atoms with Crippen LogP contribution in [0.25, 0.3) is 0 Å². The second-order valence-corrected chi connectivity index (χ2v) is 5.41. The maximum atomic E-state index is 9.32. The summed E-state index contributed by atoms with van der Waals surface area (Å²) in [5, 5.41) is 9.32. The highest BCUT2D eigenvalue weighted by atomic mass is 16.3. The summed E-state index contributed by atoms with van der Waals surface area (Å²) >= 11 is 0. The molecule has 0 aromatic carbocycles. The van der Waals surface area contributed by atoms with E-state index < -0.39 is 0 Å². The van der Waals surface area contributed by atoms with E-state index in [1.165, 1.54) is 18.4 Å². The fourth-order valence-corrected chi connectivity index (χ4v) is 1.82. The first-order chi connectivity index (χ1) is 7.02. The van der Waals surface area contributed by atoms with E-state index in [1.54, 1.807) is 0 Å². The van der Waals surface area contributed by atoms with Crippen molar-refractivity contribution in [1.82, 2.24) is 4.98 Å². The topological polar surface area (TPSA) is 33.1 Å². The van der Waals surface area contributed by atoms with Gasteiger partial charge < -0.3 is 5.11 Å². The summed E-state index contributed by atoms with van der Waals surface area (Å²) < 4.78 is 0. The second kappa shape index (κ2) is 3.60. The van der Waals surface area contributed by atoms with Gasteiger partial charge in [0.1, 0.15) is 0 Å². The number of hydrogen-bond acceptors (Lipinski definition) is 2. The molecular weight excluding hydrogens is 186 g/mol. The van der Waals surface area contributed by atoms with Crippen molar-refractivity contribution in [3.05, 3.63) is 29.1 Å². The van der Waals surface area contributed by atoms with Gasteiger partial charge in [0, 0.05) is 11.1 Å². The zero-order valence-electron chi connectivity index (χ0n) is 9.75. The smallest absolute Gasteiger partial charge is 0.0856 e. The molecule has 0 aliphatic heterocycles. The van der Waals surface area contributed by atoms with E-state index in [-0.39, 0.29) is 12.0 Å². The van der Waals surface area contributed by atoms with Crippen molar-refractivity contribution in [2.45, 2.75) is 51.6 Å². The minimum absolute atomic E-state index is 0.0615. The summed E-state index contributed by atoms with van der Waals surface area (Å²) in [6.45, 7) is 6.50. The fraction of sp³-hybridized carbons (Fsp3) is 0.615. The van der Waals surface area contributed by atoms with Gasteiger partial charge in [-0.25, -0.2) is 0 Å². The molecular formula is C13H19NO. The number of rotatable bonds is 2. The molecule has 1 aromatic heterocycles. The molecule has 0 atom stereocenters. The summed E-state index contributed by atoms with van der Waals surface area (Å²) in [7, 11) is 0. The first-order valence-electron chi connectivity index (χ1n) is 5.63. The minimum Gasteiger partial charge on any atom is -0.390 e. The molecule has 2 nitrogen and oxygen atoms in total. The van der Waals surface area contributed by atoms with Crippen LogP contribution in [0.5, 0.6) is 0 Å². The Morgan fingerprint density at radius 1 is 1.33 bits per heavy atom. The summed E-state index contributed by atoms with van der Waals surface area (Å²) in [5.41, 5.74) is 3.26. The van der Waals surface area contributed by atoms with Gasteiger partial charge in [-0.1, -0.05) is 26.8 Å². The third-order valence-electron chi connectivity index (χ3n) is 2.94. The largest absolute Gasteiger partial charge is 0.390 e. The van der Waals surface area contributed by atoms with Gasteiger partial charge >= 0.3 is 0 Å². The summed E-state index contributed by atoms with van der Waals surface area (Å²) in [6.07, 6.45) is 2.51. The van der Waals surface area contributed by atoms with Crippen LogP contribution < -0.4 is 0 Å². The van der Waals surface area contributed by atoms with E-state index in [4.69, 9.17) is 0 Å². The van der Waals surface area contributed by atoms with Crippen LogP contribution in [0.1, 0.15) is 56.5 Å².